The number of ether oxygens (including phenoxy) is 1. The summed E-state index contributed by atoms with van der Waals surface area (Å²) in [6, 6.07) is 3.85. The minimum Gasteiger partial charge on any atom is -0.496 e. The number of carbonyl (C=O) groups excluding carboxylic acids is 1. The molecule has 26 heavy (non-hydrogen) atoms. The first kappa shape index (κ1) is 16.1. The number of hydrogen-bond acceptors (Lipinski definition) is 6. The van der Waals surface area contributed by atoms with Gasteiger partial charge in [-0.2, -0.15) is 5.10 Å². The molecule has 132 valence electrons. The number of oxazole rings is 1. The summed E-state index contributed by atoms with van der Waals surface area (Å²) in [5.74, 6) is 1.36. The minimum atomic E-state index is -0.352. The number of fused-ring (bicyclic) bond motifs is 1. The van der Waals surface area contributed by atoms with Crippen LogP contribution in [0, 0.1) is 6.92 Å². The fourth-order valence-corrected chi connectivity index (χ4v) is 2.98. The molecule has 0 saturated carbocycles. The predicted molar refractivity (Wildman–Crippen MR) is 94.7 cm³/mol. The lowest BCUT2D eigenvalue weighted by molar-refractivity contribution is 0.0971. The van der Waals surface area contributed by atoms with E-state index in [9.17, 15) is 4.79 Å². The number of amides is 1. The molecule has 1 aliphatic rings. The zero-order valence-corrected chi connectivity index (χ0v) is 14.6. The maximum Gasteiger partial charge on any atom is 0.278 e. The lowest BCUT2D eigenvalue weighted by Crippen LogP contribution is -2.30. The number of aryl methyl sites for hydroxylation is 2. The normalized spacial score (nSPS) is 12.7. The Kier molecular flexibility index (Phi) is 3.80. The highest BCUT2D eigenvalue weighted by atomic mass is 16.5. The van der Waals surface area contributed by atoms with Crippen LogP contribution in [-0.4, -0.2) is 33.6 Å². The number of rotatable bonds is 3. The Morgan fingerprint density at radius 3 is 2.88 bits per heavy atom. The van der Waals surface area contributed by atoms with Gasteiger partial charge in [-0.25, -0.2) is 9.98 Å². The summed E-state index contributed by atoms with van der Waals surface area (Å²) in [5.41, 5.74) is 3.83. The number of aliphatic imine (C=N–C) groups is 1. The van der Waals surface area contributed by atoms with E-state index in [1.807, 2.05) is 25.4 Å². The summed E-state index contributed by atoms with van der Waals surface area (Å²) in [6.45, 7) is 1.69. The molecular weight excluding hydrogens is 334 g/mol. The predicted octanol–water partition coefficient (Wildman–Crippen LogP) is 2.41. The average Bonchev–Trinajstić information content (AvgIpc) is 3.33. The summed E-state index contributed by atoms with van der Waals surface area (Å²) in [4.78, 5) is 21.0. The van der Waals surface area contributed by atoms with Crippen molar-refractivity contribution in [3.63, 3.8) is 0 Å². The molecule has 0 spiro atoms. The number of methoxy groups -OCH3 is 1. The van der Waals surface area contributed by atoms with E-state index in [2.05, 4.69) is 20.4 Å². The second-order valence-electron chi connectivity index (χ2n) is 5.99. The fourth-order valence-electron chi connectivity index (χ4n) is 2.98. The van der Waals surface area contributed by atoms with Gasteiger partial charge in [0.05, 0.1) is 19.0 Å². The second-order valence-corrected chi connectivity index (χ2v) is 5.99. The van der Waals surface area contributed by atoms with E-state index < -0.39 is 0 Å². The van der Waals surface area contributed by atoms with Crippen LogP contribution in [0.25, 0.3) is 11.1 Å². The Hall–Kier alpha value is -3.42. The minimum absolute atomic E-state index is 0.223. The highest BCUT2D eigenvalue weighted by molar-refractivity contribution is 6.09. The monoisotopic (exact) mass is 351 g/mol. The molecule has 8 heteroatoms. The van der Waals surface area contributed by atoms with Gasteiger partial charge in [0.15, 0.2) is 11.6 Å². The van der Waals surface area contributed by atoms with E-state index in [1.54, 1.807) is 24.9 Å². The Labute approximate surface area is 149 Å². The van der Waals surface area contributed by atoms with E-state index >= 15 is 0 Å². The van der Waals surface area contributed by atoms with Crippen LogP contribution in [0.15, 0.2) is 40.2 Å². The van der Waals surface area contributed by atoms with Gasteiger partial charge in [0.1, 0.15) is 17.8 Å². The number of benzene rings is 1. The van der Waals surface area contributed by atoms with Crippen LogP contribution in [0.4, 0.5) is 5.69 Å². The highest BCUT2D eigenvalue weighted by Crippen LogP contribution is 2.41. The van der Waals surface area contributed by atoms with E-state index in [-0.39, 0.29) is 11.6 Å². The fraction of sp³-hybridized carbons (Fsp3) is 0.222. The third-order valence-electron chi connectivity index (χ3n) is 4.18. The van der Waals surface area contributed by atoms with Crippen molar-refractivity contribution in [1.29, 1.82) is 0 Å². The Bertz CT molecular complexity index is 1030. The smallest absolute Gasteiger partial charge is 0.278 e. The molecule has 0 unspecified atom stereocenters. The van der Waals surface area contributed by atoms with E-state index in [1.165, 1.54) is 6.26 Å². The highest BCUT2D eigenvalue weighted by Gasteiger charge is 2.25. The molecule has 0 fully saturated rings. The van der Waals surface area contributed by atoms with Gasteiger partial charge in [0, 0.05) is 43.3 Å². The lowest BCUT2D eigenvalue weighted by Gasteiger charge is -2.09. The standard InChI is InChI=1S/C18H17N5O3/c1-10-20-14(9-26-10)18(24)22-16-6-13-15(25-3)5-4-12(17(13)21-16)11-7-19-23(2)8-11/h4-5,7-9H,6H2,1-3H3,(H,21,22,24). The lowest BCUT2D eigenvalue weighted by atomic mass is 10.0. The third-order valence-corrected chi connectivity index (χ3v) is 4.18. The summed E-state index contributed by atoms with van der Waals surface area (Å²) in [7, 11) is 3.48. The molecule has 4 rings (SSSR count). The summed E-state index contributed by atoms with van der Waals surface area (Å²) in [5, 5.41) is 7.02. The Morgan fingerprint density at radius 2 is 2.23 bits per heavy atom. The molecule has 0 aliphatic carbocycles. The number of nitrogens with one attached hydrogen (secondary N) is 1. The molecule has 0 bridgehead atoms. The van der Waals surface area contributed by atoms with Gasteiger partial charge >= 0.3 is 0 Å². The first-order valence-electron chi connectivity index (χ1n) is 8.05. The number of amidine groups is 1. The van der Waals surface area contributed by atoms with Crippen LogP contribution in [0.3, 0.4) is 0 Å². The molecular formula is C18H17N5O3. The molecule has 2 aromatic heterocycles. The molecule has 1 amide bonds. The van der Waals surface area contributed by atoms with Gasteiger partial charge in [0.2, 0.25) is 0 Å². The van der Waals surface area contributed by atoms with Gasteiger partial charge in [-0.1, -0.05) is 0 Å². The second kappa shape index (κ2) is 6.14. The molecule has 0 saturated heterocycles. The van der Waals surface area contributed by atoms with Crippen molar-refractivity contribution in [2.24, 2.45) is 12.0 Å². The van der Waals surface area contributed by atoms with Crippen LogP contribution < -0.4 is 10.1 Å². The topological polar surface area (TPSA) is 94.5 Å². The van der Waals surface area contributed by atoms with Crippen molar-refractivity contribution >= 4 is 17.4 Å². The van der Waals surface area contributed by atoms with E-state index in [4.69, 9.17) is 9.15 Å². The number of hydrogen-bond donors (Lipinski definition) is 1. The number of nitrogens with zero attached hydrogens (tertiary/aromatic N) is 4. The summed E-state index contributed by atoms with van der Waals surface area (Å²) < 4.78 is 12.3. The van der Waals surface area contributed by atoms with Gasteiger partial charge < -0.3 is 14.5 Å². The van der Waals surface area contributed by atoms with Gasteiger partial charge in [-0.3, -0.25) is 9.48 Å². The summed E-state index contributed by atoms with van der Waals surface area (Å²) in [6.07, 6.45) is 5.50. The maximum atomic E-state index is 12.3. The third kappa shape index (κ3) is 2.75. The molecule has 0 radical (unpaired) electrons. The van der Waals surface area contributed by atoms with Crippen LogP contribution in [0.2, 0.25) is 0 Å². The average molecular weight is 351 g/mol. The van der Waals surface area contributed by atoms with Crippen molar-refractivity contribution in [3.05, 3.63) is 47.9 Å². The molecule has 1 aromatic carbocycles. The van der Waals surface area contributed by atoms with E-state index in [0.717, 1.165) is 28.1 Å². The van der Waals surface area contributed by atoms with Crippen molar-refractivity contribution < 1.29 is 13.9 Å². The van der Waals surface area contributed by atoms with Crippen LogP contribution in [-0.2, 0) is 13.5 Å². The summed E-state index contributed by atoms with van der Waals surface area (Å²) >= 11 is 0. The van der Waals surface area contributed by atoms with Crippen molar-refractivity contribution in [2.45, 2.75) is 13.3 Å². The van der Waals surface area contributed by atoms with E-state index in [0.29, 0.717) is 18.1 Å². The van der Waals surface area contributed by atoms with Crippen molar-refractivity contribution in [2.75, 3.05) is 7.11 Å². The Balaban J connectivity index is 1.68. The van der Waals surface area contributed by atoms with Gasteiger partial charge in [-0.15, -0.1) is 0 Å². The van der Waals surface area contributed by atoms with Crippen molar-refractivity contribution in [3.8, 4) is 16.9 Å². The largest absolute Gasteiger partial charge is 0.496 e. The first-order chi connectivity index (χ1) is 12.5. The van der Waals surface area contributed by atoms with Crippen molar-refractivity contribution in [1.82, 2.24) is 20.1 Å². The van der Waals surface area contributed by atoms with Crippen LogP contribution >= 0.6 is 0 Å². The molecule has 8 nitrogen and oxygen atoms in total. The quantitative estimate of drug-likeness (QED) is 0.782. The van der Waals surface area contributed by atoms with Gasteiger partial charge in [0.25, 0.3) is 5.91 Å². The molecule has 1 N–H and O–H groups in total. The number of aromatic nitrogens is 3. The molecule has 1 aliphatic heterocycles. The molecule has 0 atom stereocenters. The molecule has 3 heterocycles. The first-order valence-corrected chi connectivity index (χ1v) is 8.05. The molecule has 3 aromatic rings. The number of carbonyl (C=O) groups is 1. The van der Waals surface area contributed by atoms with Crippen LogP contribution in [0.1, 0.15) is 21.9 Å². The zero-order valence-electron chi connectivity index (χ0n) is 14.6. The van der Waals surface area contributed by atoms with Crippen LogP contribution in [0.5, 0.6) is 5.75 Å². The maximum absolute atomic E-state index is 12.3. The SMILES string of the molecule is COc1ccc(-c2cnn(C)c2)c2c1CC(NC(=O)c1coc(C)n1)=N2. The Morgan fingerprint density at radius 1 is 1.38 bits per heavy atom. The van der Waals surface area contributed by atoms with Gasteiger partial charge in [-0.05, 0) is 12.1 Å². The zero-order chi connectivity index (χ0) is 18.3.